The summed E-state index contributed by atoms with van der Waals surface area (Å²) in [5, 5.41) is 11.1. The number of thioether (sulfide) groups is 1. The fourth-order valence-electron chi connectivity index (χ4n) is 1.88. The fourth-order valence-corrected chi connectivity index (χ4v) is 3.00. The summed E-state index contributed by atoms with van der Waals surface area (Å²) in [4.78, 5) is 16.3. The van der Waals surface area contributed by atoms with Crippen LogP contribution in [-0.2, 0) is 4.79 Å². The van der Waals surface area contributed by atoms with Gasteiger partial charge in [0.05, 0.1) is 15.3 Å². The summed E-state index contributed by atoms with van der Waals surface area (Å²) < 4.78 is 5.58. The number of carbonyl (C=O) groups excluding carboxylic acids is 1. The number of nitrogens with zero attached hydrogens (tertiary/aromatic N) is 3. The second-order valence-corrected chi connectivity index (χ2v) is 7.11. The molecule has 2 heterocycles. The molecule has 1 atom stereocenters. The predicted molar refractivity (Wildman–Crippen MR) is 97.9 cm³/mol. The lowest BCUT2D eigenvalue weighted by atomic mass is 10.2. The van der Waals surface area contributed by atoms with Crippen LogP contribution in [-0.4, -0.2) is 26.3 Å². The van der Waals surface area contributed by atoms with E-state index in [9.17, 15) is 4.79 Å². The highest BCUT2D eigenvalue weighted by atomic mass is 35.5. The van der Waals surface area contributed by atoms with Crippen LogP contribution in [0.5, 0.6) is 0 Å². The van der Waals surface area contributed by atoms with Crippen LogP contribution < -0.4 is 5.32 Å². The van der Waals surface area contributed by atoms with E-state index in [1.807, 2.05) is 30.3 Å². The Kier molecular flexibility index (Phi) is 5.57. The van der Waals surface area contributed by atoms with Crippen molar-refractivity contribution in [2.75, 3.05) is 5.32 Å². The van der Waals surface area contributed by atoms with Crippen molar-refractivity contribution in [2.45, 2.75) is 17.4 Å². The molecule has 1 aromatic carbocycles. The zero-order valence-electron chi connectivity index (χ0n) is 12.9. The maximum atomic E-state index is 12.3. The fraction of sp³-hybridized carbons (Fsp3) is 0.125. The van der Waals surface area contributed by atoms with E-state index >= 15 is 0 Å². The summed E-state index contributed by atoms with van der Waals surface area (Å²) >= 11 is 12.9. The molecule has 0 aliphatic rings. The Labute approximate surface area is 158 Å². The van der Waals surface area contributed by atoms with Crippen LogP contribution in [0.15, 0.2) is 52.2 Å². The van der Waals surface area contributed by atoms with Crippen molar-refractivity contribution < 1.29 is 9.21 Å². The molecule has 0 bridgehead atoms. The van der Waals surface area contributed by atoms with Crippen molar-refractivity contribution in [1.82, 2.24) is 15.2 Å². The minimum absolute atomic E-state index is 0.249. The Balaban J connectivity index is 1.65. The predicted octanol–water partition coefficient (Wildman–Crippen LogP) is 4.56. The Morgan fingerprint density at radius 2 is 2.00 bits per heavy atom. The molecule has 9 heteroatoms. The molecule has 0 saturated carbocycles. The summed E-state index contributed by atoms with van der Waals surface area (Å²) in [6.45, 7) is 1.72. The van der Waals surface area contributed by atoms with Gasteiger partial charge in [0, 0.05) is 11.8 Å². The third-order valence-corrected chi connectivity index (χ3v) is 4.55. The quantitative estimate of drug-likeness (QED) is 0.638. The van der Waals surface area contributed by atoms with Crippen molar-refractivity contribution in [3.05, 3.63) is 52.6 Å². The number of aromatic nitrogens is 3. The first kappa shape index (κ1) is 17.7. The molecule has 3 rings (SSSR count). The Morgan fingerprint density at radius 3 is 2.72 bits per heavy atom. The van der Waals surface area contributed by atoms with Crippen LogP contribution in [0.3, 0.4) is 0 Å². The first-order chi connectivity index (χ1) is 12.0. The highest BCUT2D eigenvalue weighted by Gasteiger charge is 2.20. The molecule has 0 aliphatic carbocycles. The normalized spacial score (nSPS) is 12.0. The molecular formula is C16H12Cl2N4O2S. The first-order valence-corrected chi connectivity index (χ1v) is 8.84. The lowest BCUT2D eigenvalue weighted by Crippen LogP contribution is -2.23. The number of hydrogen-bond donors (Lipinski definition) is 1. The summed E-state index contributed by atoms with van der Waals surface area (Å²) in [5.41, 5.74) is 0.816. The van der Waals surface area contributed by atoms with Crippen LogP contribution in [0.1, 0.15) is 6.92 Å². The molecule has 0 fully saturated rings. The molecule has 0 aliphatic heterocycles. The molecule has 0 spiro atoms. The molecule has 1 N–H and O–H groups in total. The molecule has 1 unspecified atom stereocenters. The van der Waals surface area contributed by atoms with E-state index in [1.54, 1.807) is 6.92 Å². The Morgan fingerprint density at radius 1 is 1.24 bits per heavy atom. The number of pyridine rings is 1. The number of rotatable bonds is 5. The topological polar surface area (TPSA) is 80.9 Å². The van der Waals surface area contributed by atoms with Gasteiger partial charge in [-0.1, -0.05) is 53.2 Å². The minimum atomic E-state index is -0.488. The third kappa shape index (κ3) is 4.50. The number of hydrogen-bond acceptors (Lipinski definition) is 6. The molecule has 2 aromatic heterocycles. The van der Waals surface area contributed by atoms with E-state index in [0.29, 0.717) is 16.1 Å². The lowest BCUT2D eigenvalue weighted by molar-refractivity contribution is -0.115. The molecule has 0 radical (unpaired) electrons. The van der Waals surface area contributed by atoms with Crippen LogP contribution in [0.4, 0.5) is 5.82 Å². The van der Waals surface area contributed by atoms with E-state index in [4.69, 9.17) is 27.6 Å². The van der Waals surface area contributed by atoms with Gasteiger partial charge in [-0.05, 0) is 25.1 Å². The van der Waals surface area contributed by atoms with Gasteiger partial charge in [-0.3, -0.25) is 4.79 Å². The molecule has 6 nitrogen and oxygen atoms in total. The second-order valence-electron chi connectivity index (χ2n) is 4.97. The van der Waals surface area contributed by atoms with Gasteiger partial charge in [-0.2, -0.15) is 0 Å². The molecular weight excluding hydrogens is 383 g/mol. The van der Waals surface area contributed by atoms with Crippen LogP contribution in [0.25, 0.3) is 11.5 Å². The maximum absolute atomic E-state index is 12.3. The van der Waals surface area contributed by atoms with Gasteiger partial charge in [-0.15, -0.1) is 10.2 Å². The number of benzene rings is 1. The maximum Gasteiger partial charge on any atom is 0.277 e. The zero-order valence-corrected chi connectivity index (χ0v) is 15.3. The van der Waals surface area contributed by atoms with E-state index in [-0.39, 0.29) is 16.7 Å². The van der Waals surface area contributed by atoms with Crippen molar-refractivity contribution in [3.8, 4) is 11.5 Å². The van der Waals surface area contributed by atoms with Gasteiger partial charge in [0.2, 0.25) is 11.8 Å². The largest absolute Gasteiger partial charge is 0.411 e. The Bertz CT molecular complexity index is 889. The summed E-state index contributed by atoms with van der Waals surface area (Å²) in [6.07, 6.45) is 1.41. The highest BCUT2D eigenvalue weighted by molar-refractivity contribution is 8.00. The van der Waals surface area contributed by atoms with Gasteiger partial charge in [-0.25, -0.2) is 4.98 Å². The number of anilines is 1. The van der Waals surface area contributed by atoms with Crippen molar-refractivity contribution >= 4 is 46.7 Å². The molecule has 1 amide bonds. The lowest BCUT2D eigenvalue weighted by Gasteiger charge is -2.10. The van der Waals surface area contributed by atoms with E-state index in [0.717, 1.165) is 17.3 Å². The average Bonchev–Trinajstić information content (AvgIpc) is 3.06. The van der Waals surface area contributed by atoms with Gasteiger partial charge >= 0.3 is 0 Å². The van der Waals surface area contributed by atoms with Gasteiger partial charge < -0.3 is 9.73 Å². The third-order valence-electron chi connectivity index (χ3n) is 3.12. The Hall–Kier alpha value is -2.09. The minimum Gasteiger partial charge on any atom is -0.411 e. The molecule has 0 saturated heterocycles. The standard InChI is InChI=1S/C16H12Cl2N4O2S/c1-9(14(23)20-13-12(18)7-11(17)8-19-13)25-16-22-21-15(24-16)10-5-3-2-4-6-10/h2-9H,1H3,(H,19,20,23). The van der Waals surface area contributed by atoms with E-state index in [2.05, 4.69) is 20.5 Å². The van der Waals surface area contributed by atoms with Crippen molar-refractivity contribution in [1.29, 1.82) is 0 Å². The highest BCUT2D eigenvalue weighted by Crippen LogP contribution is 2.28. The van der Waals surface area contributed by atoms with Crippen molar-refractivity contribution in [2.24, 2.45) is 0 Å². The SMILES string of the molecule is CC(Sc1nnc(-c2ccccc2)o1)C(=O)Nc1ncc(Cl)cc1Cl. The first-order valence-electron chi connectivity index (χ1n) is 7.20. The average molecular weight is 395 g/mol. The number of halogens is 2. The van der Waals surface area contributed by atoms with E-state index in [1.165, 1.54) is 12.3 Å². The molecule has 128 valence electrons. The zero-order chi connectivity index (χ0) is 17.8. The molecule has 25 heavy (non-hydrogen) atoms. The van der Waals surface area contributed by atoms with Gasteiger partial charge in [0.15, 0.2) is 5.82 Å². The number of nitrogens with one attached hydrogen (secondary N) is 1. The number of amides is 1. The van der Waals surface area contributed by atoms with E-state index < -0.39 is 5.25 Å². The summed E-state index contributed by atoms with van der Waals surface area (Å²) in [6, 6.07) is 10.9. The van der Waals surface area contributed by atoms with Crippen LogP contribution in [0, 0.1) is 0 Å². The summed E-state index contributed by atoms with van der Waals surface area (Å²) in [5.74, 6) is 0.360. The van der Waals surface area contributed by atoms with Crippen molar-refractivity contribution in [3.63, 3.8) is 0 Å². The van der Waals surface area contributed by atoms with Gasteiger partial charge in [0.25, 0.3) is 5.22 Å². The smallest absolute Gasteiger partial charge is 0.277 e. The summed E-state index contributed by atoms with van der Waals surface area (Å²) in [7, 11) is 0. The molecule has 3 aromatic rings. The monoisotopic (exact) mass is 394 g/mol. The van der Waals surface area contributed by atoms with Crippen LogP contribution in [0.2, 0.25) is 10.0 Å². The number of carbonyl (C=O) groups is 1. The van der Waals surface area contributed by atoms with Gasteiger partial charge in [0.1, 0.15) is 0 Å². The van der Waals surface area contributed by atoms with Crippen LogP contribution >= 0.6 is 35.0 Å². The second kappa shape index (κ2) is 7.86.